The van der Waals surface area contributed by atoms with Crippen molar-refractivity contribution in [2.75, 3.05) is 0 Å². The molecule has 0 atom stereocenters. The van der Waals surface area contributed by atoms with Gasteiger partial charge in [0.25, 0.3) is 0 Å². The Hall–Kier alpha value is -1.95. The molecule has 0 aromatic heterocycles. The highest BCUT2D eigenvalue weighted by Crippen LogP contribution is 2.56. The van der Waals surface area contributed by atoms with Gasteiger partial charge in [-0.3, -0.25) is 0 Å². The van der Waals surface area contributed by atoms with Crippen LogP contribution in [-0.4, -0.2) is 12.4 Å². The largest absolute Gasteiger partial charge is 0.411 e. The van der Waals surface area contributed by atoms with Gasteiger partial charge >= 0.3 is 12.4 Å². The second-order valence-electron chi connectivity index (χ2n) is 5.08. The summed E-state index contributed by atoms with van der Waals surface area (Å²) >= 11 is 5.61. The molecule has 0 saturated heterocycles. The lowest BCUT2D eigenvalue weighted by molar-refractivity contribution is -0.288. The lowest BCUT2D eigenvalue weighted by Gasteiger charge is -2.38. The van der Waals surface area contributed by atoms with Gasteiger partial charge in [0.15, 0.2) is 0 Å². The van der Waals surface area contributed by atoms with E-state index in [2.05, 4.69) is 6.58 Å². The van der Waals surface area contributed by atoms with Gasteiger partial charge in [0, 0.05) is 5.02 Å². The maximum Gasteiger partial charge on any atom is 0.411 e. The summed E-state index contributed by atoms with van der Waals surface area (Å²) in [7, 11) is 0. The number of halogens is 7. The summed E-state index contributed by atoms with van der Waals surface area (Å²) in [6.45, 7) is 3.38. The highest BCUT2D eigenvalue weighted by molar-refractivity contribution is 6.30. The summed E-state index contributed by atoms with van der Waals surface area (Å²) in [5.41, 5.74) is -5.89. The second kappa shape index (κ2) is 6.16. The fourth-order valence-electron chi connectivity index (χ4n) is 2.58. The molecule has 2 aromatic rings. The molecule has 0 heterocycles. The number of rotatable bonds is 3. The number of alkyl halides is 6. The summed E-state index contributed by atoms with van der Waals surface area (Å²) in [5.74, 6) is 0. The maximum atomic E-state index is 13.8. The van der Waals surface area contributed by atoms with Gasteiger partial charge < -0.3 is 0 Å². The van der Waals surface area contributed by atoms with Crippen LogP contribution in [0.1, 0.15) is 16.7 Å². The summed E-state index contributed by atoms with van der Waals surface area (Å²) < 4.78 is 82.8. The zero-order valence-corrected chi connectivity index (χ0v) is 12.8. The highest BCUT2D eigenvalue weighted by atomic mass is 35.5. The van der Waals surface area contributed by atoms with Crippen LogP contribution in [0.5, 0.6) is 0 Å². The molecule has 24 heavy (non-hydrogen) atoms. The molecule has 0 unspecified atom stereocenters. The topological polar surface area (TPSA) is 0 Å². The Morgan fingerprint density at radius 2 is 1.33 bits per heavy atom. The summed E-state index contributed by atoms with van der Waals surface area (Å²) in [6, 6.07) is 7.63. The highest BCUT2D eigenvalue weighted by Gasteiger charge is 2.72. The van der Waals surface area contributed by atoms with Gasteiger partial charge in [-0.15, -0.1) is 0 Å². The number of hydrogen-bond acceptors (Lipinski definition) is 0. The van der Waals surface area contributed by atoms with Gasteiger partial charge in [0.1, 0.15) is 0 Å². The summed E-state index contributed by atoms with van der Waals surface area (Å²) in [4.78, 5) is 0. The van der Waals surface area contributed by atoms with E-state index in [1.54, 1.807) is 0 Å². The third kappa shape index (κ3) is 2.90. The van der Waals surface area contributed by atoms with E-state index in [4.69, 9.17) is 11.6 Å². The molecule has 128 valence electrons. The van der Waals surface area contributed by atoms with E-state index in [9.17, 15) is 26.3 Å². The quantitative estimate of drug-likeness (QED) is 0.553. The van der Waals surface area contributed by atoms with Crippen LogP contribution in [-0.2, 0) is 5.41 Å². The van der Waals surface area contributed by atoms with E-state index in [0.717, 1.165) is 42.5 Å². The van der Waals surface area contributed by atoms with Crippen LogP contribution in [0.3, 0.4) is 0 Å². The molecule has 0 fully saturated rings. The van der Waals surface area contributed by atoms with Gasteiger partial charge in [0.05, 0.1) is 0 Å². The Labute approximate surface area is 139 Å². The minimum Gasteiger partial charge on any atom is -0.169 e. The van der Waals surface area contributed by atoms with E-state index < -0.39 is 28.9 Å². The van der Waals surface area contributed by atoms with Crippen molar-refractivity contribution in [1.29, 1.82) is 0 Å². The number of benzene rings is 2. The van der Waals surface area contributed by atoms with Crippen molar-refractivity contribution in [3.05, 3.63) is 76.8 Å². The third-order valence-electron chi connectivity index (χ3n) is 3.68. The Kier molecular flexibility index (Phi) is 4.72. The third-order valence-corrected chi connectivity index (χ3v) is 3.93. The second-order valence-corrected chi connectivity index (χ2v) is 5.52. The van der Waals surface area contributed by atoms with Crippen molar-refractivity contribution in [3.8, 4) is 0 Å². The van der Waals surface area contributed by atoms with E-state index in [1.807, 2.05) is 0 Å². The predicted octanol–water partition coefficient (Wildman–Crippen LogP) is 6.39. The summed E-state index contributed by atoms with van der Waals surface area (Å²) in [5, 5.41) is 0.0387. The van der Waals surface area contributed by atoms with Crippen molar-refractivity contribution in [1.82, 2.24) is 0 Å². The molecule has 0 aliphatic heterocycles. The molecule has 0 aliphatic rings. The number of hydrogen-bond donors (Lipinski definition) is 0. The average Bonchev–Trinajstić information content (AvgIpc) is 2.47. The Morgan fingerprint density at radius 1 is 0.792 bits per heavy atom. The molecule has 0 spiro atoms. The molecule has 0 saturated carbocycles. The Balaban J connectivity index is 2.91. The Morgan fingerprint density at radius 3 is 1.79 bits per heavy atom. The lowest BCUT2D eigenvalue weighted by Crippen LogP contribution is -2.54. The first-order chi connectivity index (χ1) is 11.0. The van der Waals surface area contributed by atoms with Crippen LogP contribution in [0.15, 0.2) is 55.1 Å². The van der Waals surface area contributed by atoms with Crippen molar-refractivity contribution < 1.29 is 26.3 Å². The molecule has 0 N–H and O–H groups in total. The molecular weight excluding hydrogens is 354 g/mol. The van der Waals surface area contributed by atoms with Gasteiger partial charge in [-0.1, -0.05) is 60.7 Å². The van der Waals surface area contributed by atoms with Gasteiger partial charge in [-0.2, -0.15) is 26.3 Å². The zero-order valence-electron chi connectivity index (χ0n) is 12.0. The van der Waals surface area contributed by atoms with Crippen LogP contribution in [0.4, 0.5) is 26.3 Å². The molecular formula is C17H11ClF6. The van der Waals surface area contributed by atoms with Crippen molar-refractivity contribution >= 4 is 17.7 Å². The normalized spacial score (nSPS) is 13.0. The van der Waals surface area contributed by atoms with E-state index in [-0.39, 0.29) is 10.6 Å². The van der Waals surface area contributed by atoms with Crippen molar-refractivity contribution in [3.63, 3.8) is 0 Å². The minimum absolute atomic E-state index is 0.0387. The van der Waals surface area contributed by atoms with E-state index >= 15 is 0 Å². The van der Waals surface area contributed by atoms with Gasteiger partial charge in [0.2, 0.25) is 5.41 Å². The first kappa shape index (κ1) is 18.4. The smallest absolute Gasteiger partial charge is 0.169 e. The molecule has 0 nitrogen and oxygen atoms in total. The minimum atomic E-state index is -5.61. The molecule has 7 heteroatoms. The maximum absolute atomic E-state index is 13.8. The SMILES string of the molecule is C=Cc1cccc(C(c2ccc(Cl)cc2)(C(F)(F)F)C(F)(F)F)c1. The molecule has 2 rings (SSSR count). The van der Waals surface area contributed by atoms with Crippen LogP contribution < -0.4 is 0 Å². The predicted molar refractivity (Wildman–Crippen MR) is 80.9 cm³/mol. The molecule has 2 aromatic carbocycles. The van der Waals surface area contributed by atoms with Crippen molar-refractivity contribution in [2.24, 2.45) is 0 Å². The van der Waals surface area contributed by atoms with Crippen molar-refractivity contribution in [2.45, 2.75) is 17.8 Å². The molecule has 0 radical (unpaired) electrons. The molecule has 0 aliphatic carbocycles. The molecule has 0 amide bonds. The van der Waals surface area contributed by atoms with Crippen LogP contribution in [0.25, 0.3) is 6.08 Å². The van der Waals surface area contributed by atoms with Gasteiger partial charge in [-0.25, -0.2) is 0 Å². The fourth-order valence-corrected chi connectivity index (χ4v) is 2.71. The Bertz CT molecular complexity index is 714. The summed E-state index contributed by atoms with van der Waals surface area (Å²) in [6.07, 6.45) is -10.0. The lowest BCUT2D eigenvalue weighted by atomic mass is 9.72. The fraction of sp³-hybridized carbons (Fsp3) is 0.176. The first-order valence-electron chi connectivity index (χ1n) is 6.66. The van der Waals surface area contributed by atoms with Crippen LogP contribution in [0, 0.1) is 0 Å². The van der Waals surface area contributed by atoms with Crippen LogP contribution >= 0.6 is 11.6 Å². The zero-order chi connectivity index (χ0) is 18.2. The monoisotopic (exact) mass is 364 g/mol. The average molecular weight is 365 g/mol. The standard InChI is InChI=1S/C17H11ClF6/c1-2-11-4-3-5-13(10-11)15(16(19,20)21,17(22,23)24)12-6-8-14(18)9-7-12/h2-10H,1H2. The first-order valence-corrected chi connectivity index (χ1v) is 7.04. The van der Waals surface area contributed by atoms with E-state index in [1.165, 1.54) is 12.1 Å². The van der Waals surface area contributed by atoms with Crippen LogP contribution in [0.2, 0.25) is 5.02 Å². The molecule has 0 bridgehead atoms. The van der Waals surface area contributed by atoms with Gasteiger partial charge in [-0.05, 0) is 28.8 Å². The van der Waals surface area contributed by atoms with E-state index in [0.29, 0.717) is 0 Å².